The first kappa shape index (κ1) is 19.5. The van der Waals surface area contributed by atoms with Gasteiger partial charge in [-0.05, 0) is 54.3 Å². The number of fused-ring (bicyclic) bond motifs is 2. The van der Waals surface area contributed by atoms with Gasteiger partial charge >= 0.3 is 0 Å². The topological polar surface area (TPSA) is 52.1 Å². The Balaban J connectivity index is 1.44. The highest BCUT2D eigenvalue weighted by Gasteiger charge is 2.42. The van der Waals surface area contributed by atoms with E-state index in [9.17, 15) is 0 Å². The summed E-state index contributed by atoms with van der Waals surface area (Å²) >= 11 is 0. The average Bonchev–Trinajstić information content (AvgIpc) is 3.48. The van der Waals surface area contributed by atoms with Crippen molar-refractivity contribution in [3.63, 3.8) is 0 Å². The van der Waals surface area contributed by atoms with E-state index in [-0.39, 0.29) is 0 Å². The number of aryl methyl sites for hydroxylation is 1. The lowest BCUT2D eigenvalue weighted by atomic mass is 9.79. The van der Waals surface area contributed by atoms with Gasteiger partial charge in [0.15, 0.2) is 11.2 Å². The molecular weight excluding hydrogens is 408 g/mol. The zero-order valence-corrected chi connectivity index (χ0v) is 18.2. The minimum absolute atomic E-state index is 0.588. The lowest BCUT2D eigenvalue weighted by Crippen LogP contribution is -2.27. The van der Waals surface area contributed by atoms with Crippen LogP contribution in [0, 0.1) is 6.92 Å². The first-order valence-electron chi connectivity index (χ1n) is 11.1. The number of allylic oxidation sites excluding steroid dienone is 5. The van der Waals surface area contributed by atoms with Crippen LogP contribution in [0.2, 0.25) is 0 Å². The van der Waals surface area contributed by atoms with Crippen LogP contribution < -0.4 is 0 Å². The predicted octanol–water partition coefficient (Wildman–Crippen LogP) is 7.16. The third kappa shape index (κ3) is 3.50. The van der Waals surface area contributed by atoms with Gasteiger partial charge in [-0.3, -0.25) is 0 Å². The molecule has 0 fully saturated rings. The van der Waals surface area contributed by atoms with Crippen molar-refractivity contribution in [3.8, 4) is 0 Å². The zero-order valence-electron chi connectivity index (χ0n) is 18.2. The first-order valence-corrected chi connectivity index (χ1v) is 11.1. The second-order valence-corrected chi connectivity index (χ2v) is 8.43. The minimum atomic E-state index is -0.712. The standard InChI is InChI=1S/C29H22N2O2/c1-20-11-14-26-24(19-20)31-28(33-26)29(27-30-23-9-5-6-10-25(23)32-27)17-15-22(16-18-29)13-12-21-7-3-2-4-8-21/h2-17,19H,18H2,1H3. The van der Waals surface area contributed by atoms with Crippen LogP contribution in [0.25, 0.3) is 28.3 Å². The Labute approximate surface area is 191 Å². The van der Waals surface area contributed by atoms with Gasteiger partial charge in [-0.1, -0.05) is 78.9 Å². The Hall–Kier alpha value is -4.18. The molecule has 1 aliphatic carbocycles. The van der Waals surface area contributed by atoms with Gasteiger partial charge in [-0.2, -0.15) is 0 Å². The zero-order chi connectivity index (χ0) is 22.3. The summed E-state index contributed by atoms with van der Waals surface area (Å²) in [5, 5.41) is 0. The maximum atomic E-state index is 6.27. The predicted molar refractivity (Wildman–Crippen MR) is 131 cm³/mol. The van der Waals surface area contributed by atoms with Gasteiger partial charge in [0.05, 0.1) is 0 Å². The fourth-order valence-electron chi connectivity index (χ4n) is 4.23. The van der Waals surface area contributed by atoms with Crippen LogP contribution in [0.1, 0.15) is 29.3 Å². The number of rotatable bonds is 4. The van der Waals surface area contributed by atoms with E-state index in [1.807, 2.05) is 60.7 Å². The van der Waals surface area contributed by atoms with Crippen LogP contribution in [0.3, 0.4) is 0 Å². The van der Waals surface area contributed by atoms with E-state index in [1.54, 1.807) is 0 Å². The summed E-state index contributed by atoms with van der Waals surface area (Å²) in [6.45, 7) is 2.05. The van der Waals surface area contributed by atoms with Crippen molar-refractivity contribution in [1.82, 2.24) is 9.97 Å². The molecular formula is C29H22N2O2. The van der Waals surface area contributed by atoms with Crippen LogP contribution in [-0.2, 0) is 5.41 Å². The molecule has 1 aliphatic rings. The van der Waals surface area contributed by atoms with Crippen LogP contribution >= 0.6 is 0 Å². The Bertz CT molecular complexity index is 1520. The molecule has 33 heavy (non-hydrogen) atoms. The molecule has 0 spiro atoms. The lowest BCUT2D eigenvalue weighted by molar-refractivity contribution is 0.368. The van der Waals surface area contributed by atoms with Crippen molar-refractivity contribution < 1.29 is 8.83 Å². The highest BCUT2D eigenvalue weighted by atomic mass is 16.4. The third-order valence-corrected chi connectivity index (χ3v) is 6.09. The Morgan fingerprint density at radius 2 is 1.52 bits per heavy atom. The van der Waals surface area contributed by atoms with Crippen molar-refractivity contribution in [3.05, 3.63) is 126 Å². The van der Waals surface area contributed by atoms with Crippen molar-refractivity contribution in [2.24, 2.45) is 0 Å². The van der Waals surface area contributed by atoms with Crippen LogP contribution in [0.5, 0.6) is 0 Å². The quantitative estimate of drug-likeness (QED) is 0.303. The Morgan fingerprint density at radius 3 is 2.27 bits per heavy atom. The van der Waals surface area contributed by atoms with Gasteiger partial charge < -0.3 is 8.83 Å². The van der Waals surface area contributed by atoms with E-state index in [1.165, 1.54) is 0 Å². The molecule has 0 saturated heterocycles. The maximum absolute atomic E-state index is 6.27. The smallest absolute Gasteiger partial charge is 0.215 e. The minimum Gasteiger partial charge on any atom is -0.439 e. The molecule has 160 valence electrons. The highest BCUT2D eigenvalue weighted by molar-refractivity contribution is 5.75. The van der Waals surface area contributed by atoms with Crippen molar-refractivity contribution >= 4 is 28.3 Å². The Kier molecular flexibility index (Phi) is 4.58. The summed E-state index contributed by atoms with van der Waals surface area (Å²) in [5.74, 6) is 1.18. The van der Waals surface area contributed by atoms with E-state index in [2.05, 4.69) is 49.4 Å². The largest absolute Gasteiger partial charge is 0.439 e. The molecule has 0 radical (unpaired) electrons. The first-order chi connectivity index (χ1) is 16.2. The molecule has 4 heteroatoms. The van der Waals surface area contributed by atoms with Crippen molar-refractivity contribution in [2.45, 2.75) is 18.8 Å². The number of aromatic nitrogens is 2. The molecule has 0 saturated carbocycles. The fourth-order valence-corrected chi connectivity index (χ4v) is 4.23. The third-order valence-electron chi connectivity index (χ3n) is 6.09. The number of benzene rings is 3. The molecule has 2 heterocycles. The lowest BCUT2D eigenvalue weighted by Gasteiger charge is -2.25. The molecule has 6 rings (SSSR count). The van der Waals surface area contributed by atoms with E-state index in [4.69, 9.17) is 18.8 Å². The van der Waals surface area contributed by atoms with Crippen LogP contribution in [-0.4, -0.2) is 9.97 Å². The number of para-hydroxylation sites is 2. The SMILES string of the molecule is Cc1ccc2oc(C3(c4nc5ccccc5o4)C=CC(C=Cc4ccccc4)=CC3)nc2c1. The summed E-state index contributed by atoms with van der Waals surface area (Å²) in [7, 11) is 0. The second-order valence-electron chi connectivity index (χ2n) is 8.43. The molecule has 0 N–H and O–H groups in total. The number of hydrogen-bond acceptors (Lipinski definition) is 4. The van der Waals surface area contributed by atoms with Crippen molar-refractivity contribution in [2.75, 3.05) is 0 Å². The summed E-state index contributed by atoms with van der Waals surface area (Å²) in [6, 6.07) is 24.1. The van der Waals surface area contributed by atoms with E-state index < -0.39 is 5.41 Å². The van der Waals surface area contributed by atoms with E-state index in [0.717, 1.165) is 38.9 Å². The average molecular weight is 431 g/mol. The highest BCUT2D eigenvalue weighted by Crippen LogP contribution is 2.42. The van der Waals surface area contributed by atoms with Crippen LogP contribution in [0.15, 0.2) is 112 Å². The van der Waals surface area contributed by atoms with Gasteiger partial charge in [0.2, 0.25) is 11.8 Å². The van der Waals surface area contributed by atoms with Gasteiger partial charge in [-0.15, -0.1) is 0 Å². The normalized spacial score (nSPS) is 18.4. The van der Waals surface area contributed by atoms with Gasteiger partial charge in [0.1, 0.15) is 16.4 Å². The maximum Gasteiger partial charge on any atom is 0.215 e. The van der Waals surface area contributed by atoms with Gasteiger partial charge in [0.25, 0.3) is 0 Å². The van der Waals surface area contributed by atoms with Gasteiger partial charge in [0, 0.05) is 0 Å². The Morgan fingerprint density at radius 1 is 0.788 bits per heavy atom. The second kappa shape index (κ2) is 7.75. The molecule has 4 nitrogen and oxygen atoms in total. The molecule has 0 aliphatic heterocycles. The molecule has 3 aromatic carbocycles. The molecule has 0 bridgehead atoms. The summed E-state index contributed by atoms with van der Waals surface area (Å²) in [5.41, 5.74) is 5.90. The molecule has 1 unspecified atom stereocenters. The monoisotopic (exact) mass is 430 g/mol. The fraction of sp³-hybridized carbons (Fsp3) is 0.103. The van der Waals surface area contributed by atoms with Gasteiger partial charge in [-0.25, -0.2) is 9.97 Å². The molecule has 5 aromatic rings. The van der Waals surface area contributed by atoms with E-state index in [0.29, 0.717) is 18.2 Å². The molecule has 2 aromatic heterocycles. The summed E-state index contributed by atoms with van der Waals surface area (Å²) in [4.78, 5) is 9.70. The number of hydrogen-bond donors (Lipinski definition) is 0. The molecule has 1 atom stereocenters. The summed E-state index contributed by atoms with van der Waals surface area (Å²) in [6.07, 6.45) is 11.3. The van der Waals surface area contributed by atoms with Crippen LogP contribution in [0.4, 0.5) is 0 Å². The van der Waals surface area contributed by atoms with Crippen molar-refractivity contribution in [1.29, 1.82) is 0 Å². The summed E-state index contributed by atoms with van der Waals surface area (Å²) < 4.78 is 12.5. The number of nitrogens with zero attached hydrogens (tertiary/aromatic N) is 2. The van der Waals surface area contributed by atoms with E-state index >= 15 is 0 Å². The number of oxazole rings is 2. The molecule has 0 amide bonds.